The summed E-state index contributed by atoms with van der Waals surface area (Å²) in [6.07, 6.45) is -2.12. The molecule has 1 aromatic rings. The summed E-state index contributed by atoms with van der Waals surface area (Å²) < 4.78 is 39.4. The standard InChI is InChI=1S/C15H19BrF3N/c1-10(11-4-2-6-13(16)8-11)20-14-7-3-5-12(9-14)15(17,18)19/h2,4,6,8,10,12,14,20H,3,5,7,9H2,1H3/t10-,12?,14?/m0/s1. The van der Waals surface area contributed by atoms with E-state index >= 15 is 0 Å². The molecular formula is C15H19BrF3N. The van der Waals surface area contributed by atoms with Crippen molar-refractivity contribution in [2.75, 3.05) is 0 Å². The van der Waals surface area contributed by atoms with E-state index in [-0.39, 0.29) is 24.9 Å². The van der Waals surface area contributed by atoms with E-state index in [1.807, 2.05) is 31.2 Å². The molecule has 0 radical (unpaired) electrons. The van der Waals surface area contributed by atoms with Crippen molar-refractivity contribution in [1.29, 1.82) is 0 Å². The van der Waals surface area contributed by atoms with Gasteiger partial charge in [0.25, 0.3) is 0 Å². The number of alkyl halides is 3. The second-order valence-electron chi connectivity index (χ2n) is 5.55. The third-order valence-electron chi connectivity index (χ3n) is 3.97. The van der Waals surface area contributed by atoms with Crippen LogP contribution in [0.5, 0.6) is 0 Å². The quantitative estimate of drug-likeness (QED) is 0.788. The largest absolute Gasteiger partial charge is 0.391 e. The SMILES string of the molecule is C[C@H](NC1CCCC(C(F)(F)F)C1)c1cccc(Br)c1. The Balaban J connectivity index is 1.96. The van der Waals surface area contributed by atoms with Gasteiger partial charge >= 0.3 is 6.18 Å². The van der Waals surface area contributed by atoms with Crippen LogP contribution in [0.3, 0.4) is 0 Å². The van der Waals surface area contributed by atoms with Gasteiger partial charge < -0.3 is 5.32 Å². The first-order chi connectivity index (χ1) is 9.36. The molecule has 0 heterocycles. The van der Waals surface area contributed by atoms with Crippen LogP contribution in [-0.4, -0.2) is 12.2 Å². The summed E-state index contributed by atoms with van der Waals surface area (Å²) in [5.74, 6) is -1.15. The van der Waals surface area contributed by atoms with E-state index in [0.717, 1.165) is 16.5 Å². The minimum atomic E-state index is -4.06. The molecule has 0 spiro atoms. The Morgan fingerprint density at radius 3 is 2.70 bits per heavy atom. The summed E-state index contributed by atoms with van der Waals surface area (Å²) in [5.41, 5.74) is 1.09. The molecule has 1 N–H and O–H groups in total. The molecule has 0 bridgehead atoms. The van der Waals surface area contributed by atoms with Gasteiger partial charge in [-0.2, -0.15) is 13.2 Å². The van der Waals surface area contributed by atoms with Crippen molar-refractivity contribution in [1.82, 2.24) is 5.32 Å². The molecule has 112 valence electrons. The van der Waals surface area contributed by atoms with E-state index in [1.54, 1.807) is 0 Å². The van der Waals surface area contributed by atoms with Gasteiger partial charge in [0.05, 0.1) is 5.92 Å². The van der Waals surface area contributed by atoms with Crippen molar-refractivity contribution in [3.8, 4) is 0 Å². The highest BCUT2D eigenvalue weighted by Gasteiger charge is 2.42. The van der Waals surface area contributed by atoms with E-state index in [1.165, 1.54) is 0 Å². The monoisotopic (exact) mass is 349 g/mol. The average molecular weight is 350 g/mol. The summed E-state index contributed by atoms with van der Waals surface area (Å²) in [5, 5.41) is 3.34. The molecule has 0 amide bonds. The third-order valence-corrected chi connectivity index (χ3v) is 4.46. The molecule has 0 saturated heterocycles. The predicted molar refractivity (Wildman–Crippen MR) is 77.5 cm³/mol. The Morgan fingerprint density at radius 1 is 1.30 bits per heavy atom. The zero-order chi connectivity index (χ0) is 14.8. The molecular weight excluding hydrogens is 331 g/mol. The van der Waals surface area contributed by atoms with Crippen LogP contribution in [0.2, 0.25) is 0 Å². The summed E-state index contributed by atoms with van der Waals surface area (Å²) in [7, 11) is 0. The van der Waals surface area contributed by atoms with Gasteiger partial charge in [-0.05, 0) is 43.9 Å². The molecule has 0 aromatic heterocycles. The summed E-state index contributed by atoms with van der Waals surface area (Å²) >= 11 is 3.41. The van der Waals surface area contributed by atoms with Gasteiger partial charge in [0.1, 0.15) is 0 Å². The molecule has 1 fully saturated rings. The van der Waals surface area contributed by atoms with Gasteiger partial charge in [-0.15, -0.1) is 0 Å². The van der Waals surface area contributed by atoms with Crippen LogP contribution in [0.4, 0.5) is 13.2 Å². The number of rotatable bonds is 3. The number of halogens is 4. The highest BCUT2D eigenvalue weighted by Crippen LogP contribution is 2.38. The summed E-state index contributed by atoms with van der Waals surface area (Å²) in [4.78, 5) is 0. The van der Waals surface area contributed by atoms with Gasteiger partial charge in [-0.3, -0.25) is 0 Å². The first kappa shape index (κ1) is 15.8. The smallest absolute Gasteiger partial charge is 0.307 e. The number of hydrogen-bond acceptors (Lipinski definition) is 1. The second-order valence-corrected chi connectivity index (χ2v) is 6.46. The van der Waals surface area contributed by atoms with Crippen LogP contribution in [-0.2, 0) is 0 Å². The number of hydrogen-bond donors (Lipinski definition) is 1. The third kappa shape index (κ3) is 4.22. The highest BCUT2D eigenvalue weighted by atomic mass is 79.9. The van der Waals surface area contributed by atoms with E-state index < -0.39 is 12.1 Å². The van der Waals surface area contributed by atoms with Gasteiger partial charge in [0, 0.05) is 16.6 Å². The predicted octanol–water partition coefficient (Wildman–Crippen LogP) is 5.22. The van der Waals surface area contributed by atoms with Gasteiger partial charge in [0.2, 0.25) is 0 Å². The van der Waals surface area contributed by atoms with Crippen molar-refractivity contribution >= 4 is 15.9 Å². The molecule has 3 atom stereocenters. The van der Waals surface area contributed by atoms with Crippen molar-refractivity contribution in [2.24, 2.45) is 5.92 Å². The molecule has 5 heteroatoms. The maximum atomic E-state index is 12.8. The fourth-order valence-corrected chi connectivity index (χ4v) is 3.28. The van der Waals surface area contributed by atoms with E-state index in [0.29, 0.717) is 6.42 Å². The Kier molecular flexibility index (Phi) is 5.13. The maximum Gasteiger partial charge on any atom is 0.391 e. The van der Waals surface area contributed by atoms with Crippen molar-refractivity contribution in [2.45, 2.75) is 50.9 Å². The molecule has 1 aliphatic rings. The van der Waals surface area contributed by atoms with E-state index in [2.05, 4.69) is 21.2 Å². The van der Waals surface area contributed by atoms with Crippen LogP contribution >= 0.6 is 15.9 Å². The first-order valence-corrected chi connectivity index (χ1v) is 7.74. The Hall–Kier alpha value is -0.550. The van der Waals surface area contributed by atoms with Crippen LogP contribution in [0.15, 0.2) is 28.7 Å². The molecule has 2 rings (SSSR count). The molecule has 1 aliphatic carbocycles. The summed E-state index contributed by atoms with van der Waals surface area (Å²) in [6, 6.07) is 7.88. The lowest BCUT2D eigenvalue weighted by atomic mass is 9.85. The average Bonchev–Trinajstić information content (AvgIpc) is 2.38. The van der Waals surface area contributed by atoms with Crippen molar-refractivity contribution < 1.29 is 13.2 Å². The zero-order valence-electron chi connectivity index (χ0n) is 11.4. The zero-order valence-corrected chi connectivity index (χ0v) is 13.0. The van der Waals surface area contributed by atoms with Crippen LogP contribution < -0.4 is 5.32 Å². The fourth-order valence-electron chi connectivity index (χ4n) is 2.86. The van der Waals surface area contributed by atoms with Crippen LogP contribution in [0, 0.1) is 5.92 Å². The van der Waals surface area contributed by atoms with Gasteiger partial charge in [0.15, 0.2) is 0 Å². The Labute approximate surface area is 126 Å². The van der Waals surface area contributed by atoms with Crippen LogP contribution in [0.1, 0.15) is 44.2 Å². The van der Waals surface area contributed by atoms with Gasteiger partial charge in [-0.1, -0.05) is 34.5 Å². The second kappa shape index (κ2) is 6.48. The minimum absolute atomic E-state index is 0.0515. The van der Waals surface area contributed by atoms with Gasteiger partial charge in [-0.25, -0.2) is 0 Å². The first-order valence-electron chi connectivity index (χ1n) is 6.94. The van der Waals surface area contributed by atoms with E-state index in [9.17, 15) is 13.2 Å². The number of benzene rings is 1. The topological polar surface area (TPSA) is 12.0 Å². The Bertz CT molecular complexity index is 447. The highest BCUT2D eigenvalue weighted by molar-refractivity contribution is 9.10. The lowest BCUT2D eigenvalue weighted by Crippen LogP contribution is -2.39. The fraction of sp³-hybridized carbons (Fsp3) is 0.600. The molecule has 0 aliphatic heterocycles. The molecule has 1 saturated carbocycles. The Morgan fingerprint density at radius 2 is 2.05 bits per heavy atom. The molecule has 1 nitrogen and oxygen atoms in total. The lowest BCUT2D eigenvalue weighted by molar-refractivity contribution is -0.183. The van der Waals surface area contributed by atoms with Crippen LogP contribution in [0.25, 0.3) is 0 Å². The normalized spacial score (nSPS) is 25.4. The molecule has 20 heavy (non-hydrogen) atoms. The number of nitrogens with one attached hydrogen (secondary N) is 1. The summed E-state index contributed by atoms with van der Waals surface area (Å²) in [6.45, 7) is 2.00. The molecule has 2 unspecified atom stereocenters. The van der Waals surface area contributed by atoms with E-state index in [4.69, 9.17) is 0 Å². The van der Waals surface area contributed by atoms with Crippen molar-refractivity contribution in [3.63, 3.8) is 0 Å². The molecule has 1 aromatic carbocycles. The lowest BCUT2D eigenvalue weighted by Gasteiger charge is -2.33. The maximum absolute atomic E-state index is 12.8. The minimum Gasteiger partial charge on any atom is -0.307 e. The van der Waals surface area contributed by atoms with Crippen molar-refractivity contribution in [3.05, 3.63) is 34.3 Å².